The third kappa shape index (κ3) is 6.55. The number of nitrogens with zero attached hydrogens (tertiary/aromatic N) is 3. The molecule has 0 aliphatic carbocycles. The first-order chi connectivity index (χ1) is 12.6. The number of halogens is 1. The highest BCUT2D eigenvalue weighted by atomic mass is 19.1. The summed E-state index contributed by atoms with van der Waals surface area (Å²) in [5.41, 5.74) is 1.10. The Kier molecular flexibility index (Phi) is 8.80. The molecule has 6 nitrogen and oxygen atoms in total. The van der Waals surface area contributed by atoms with E-state index < -0.39 is 0 Å². The van der Waals surface area contributed by atoms with Crippen LogP contribution in [0.5, 0.6) is 0 Å². The van der Waals surface area contributed by atoms with Crippen LogP contribution >= 0.6 is 0 Å². The van der Waals surface area contributed by atoms with Crippen LogP contribution in [0.2, 0.25) is 0 Å². The highest BCUT2D eigenvalue weighted by Crippen LogP contribution is 2.21. The van der Waals surface area contributed by atoms with Crippen molar-refractivity contribution in [3.63, 3.8) is 0 Å². The summed E-state index contributed by atoms with van der Waals surface area (Å²) in [4.78, 5) is 8.93. The Morgan fingerprint density at radius 2 is 1.96 bits per heavy atom. The minimum Gasteiger partial charge on any atom is -0.379 e. The summed E-state index contributed by atoms with van der Waals surface area (Å²) >= 11 is 0. The number of nitrogens with one attached hydrogen (secondary N) is 2. The van der Waals surface area contributed by atoms with Gasteiger partial charge in [-0.2, -0.15) is 0 Å². The number of rotatable bonds is 8. The van der Waals surface area contributed by atoms with Crippen LogP contribution in [-0.2, 0) is 4.74 Å². The van der Waals surface area contributed by atoms with Crippen molar-refractivity contribution >= 4 is 5.96 Å². The summed E-state index contributed by atoms with van der Waals surface area (Å²) in [7, 11) is 3.88. The van der Waals surface area contributed by atoms with E-state index in [0.29, 0.717) is 6.54 Å². The zero-order chi connectivity index (χ0) is 18.8. The highest BCUT2D eigenvalue weighted by molar-refractivity contribution is 5.79. The minimum atomic E-state index is -0.208. The van der Waals surface area contributed by atoms with E-state index in [1.165, 1.54) is 12.1 Å². The Balaban J connectivity index is 1.95. The van der Waals surface area contributed by atoms with Crippen LogP contribution in [0.15, 0.2) is 29.3 Å². The summed E-state index contributed by atoms with van der Waals surface area (Å²) in [6, 6.07) is 6.93. The van der Waals surface area contributed by atoms with E-state index in [2.05, 4.69) is 39.4 Å². The number of likely N-dealkylation sites (N-methyl/N-ethyl adjacent to an activating group) is 1. The van der Waals surface area contributed by atoms with Gasteiger partial charge in [-0.25, -0.2) is 4.39 Å². The lowest BCUT2D eigenvalue weighted by atomic mass is 10.0. The van der Waals surface area contributed by atoms with E-state index in [1.807, 2.05) is 12.1 Å². The predicted octanol–water partition coefficient (Wildman–Crippen LogP) is 1.32. The molecular weight excluding hydrogens is 333 g/mol. The van der Waals surface area contributed by atoms with Crippen molar-refractivity contribution in [3.05, 3.63) is 35.6 Å². The number of benzene rings is 1. The molecule has 1 aromatic rings. The summed E-state index contributed by atoms with van der Waals surface area (Å²) in [6.07, 6.45) is 0. The average molecular weight is 365 g/mol. The smallest absolute Gasteiger partial charge is 0.191 e. The fourth-order valence-electron chi connectivity index (χ4n) is 2.97. The SMILES string of the molecule is CCN(C)CCNC(=NC)NCC(c1ccc(F)cc1)N1CCOCC1. The summed E-state index contributed by atoms with van der Waals surface area (Å²) in [6.45, 7) is 8.87. The van der Waals surface area contributed by atoms with Gasteiger partial charge in [-0.05, 0) is 31.3 Å². The molecule has 0 aromatic heterocycles. The molecule has 1 aliphatic heterocycles. The molecule has 1 unspecified atom stereocenters. The summed E-state index contributed by atoms with van der Waals surface area (Å²) in [5, 5.41) is 6.76. The Bertz CT molecular complexity index is 545. The molecule has 0 radical (unpaired) electrons. The Labute approximate surface area is 156 Å². The molecule has 0 spiro atoms. The topological polar surface area (TPSA) is 52.1 Å². The minimum absolute atomic E-state index is 0.149. The molecule has 1 atom stereocenters. The van der Waals surface area contributed by atoms with Gasteiger partial charge in [0.15, 0.2) is 5.96 Å². The standard InChI is InChI=1S/C19H32FN5O/c1-4-24(3)10-9-22-19(21-2)23-15-18(25-11-13-26-14-12-25)16-5-7-17(20)8-6-16/h5-8,18H,4,9-15H2,1-3H3,(H2,21,22,23). The predicted molar refractivity (Wildman–Crippen MR) is 104 cm³/mol. The van der Waals surface area contributed by atoms with Crippen LogP contribution in [0.4, 0.5) is 4.39 Å². The first-order valence-corrected chi connectivity index (χ1v) is 9.34. The van der Waals surface area contributed by atoms with Crippen LogP contribution in [0, 0.1) is 5.82 Å². The van der Waals surface area contributed by atoms with E-state index >= 15 is 0 Å². The van der Waals surface area contributed by atoms with Crippen LogP contribution < -0.4 is 10.6 Å². The maximum Gasteiger partial charge on any atom is 0.191 e. The second-order valence-electron chi connectivity index (χ2n) is 6.49. The lowest BCUT2D eigenvalue weighted by molar-refractivity contribution is 0.0170. The van der Waals surface area contributed by atoms with Gasteiger partial charge in [-0.3, -0.25) is 9.89 Å². The monoisotopic (exact) mass is 365 g/mol. The normalized spacial score (nSPS) is 17.3. The molecule has 1 heterocycles. The molecular formula is C19H32FN5O. The first kappa shape index (κ1) is 20.6. The number of hydrogen-bond donors (Lipinski definition) is 2. The van der Waals surface area contributed by atoms with Gasteiger partial charge in [0.25, 0.3) is 0 Å². The van der Waals surface area contributed by atoms with Crippen molar-refractivity contribution < 1.29 is 9.13 Å². The molecule has 146 valence electrons. The lowest BCUT2D eigenvalue weighted by Crippen LogP contribution is -2.47. The zero-order valence-electron chi connectivity index (χ0n) is 16.2. The number of hydrogen-bond acceptors (Lipinski definition) is 4. The maximum absolute atomic E-state index is 13.3. The third-order valence-corrected chi connectivity index (χ3v) is 4.75. The van der Waals surface area contributed by atoms with E-state index in [-0.39, 0.29) is 11.9 Å². The Morgan fingerprint density at radius 3 is 2.58 bits per heavy atom. The second-order valence-corrected chi connectivity index (χ2v) is 6.49. The fraction of sp³-hybridized carbons (Fsp3) is 0.632. The fourth-order valence-corrected chi connectivity index (χ4v) is 2.97. The van der Waals surface area contributed by atoms with Crippen molar-refractivity contribution in [1.82, 2.24) is 20.4 Å². The Hall–Kier alpha value is -1.70. The molecule has 7 heteroatoms. The molecule has 0 amide bonds. The molecule has 0 saturated carbocycles. The van der Waals surface area contributed by atoms with Crippen molar-refractivity contribution in [2.24, 2.45) is 4.99 Å². The quantitative estimate of drug-likeness (QED) is 0.538. The number of morpholine rings is 1. The van der Waals surface area contributed by atoms with Gasteiger partial charge in [-0.15, -0.1) is 0 Å². The average Bonchev–Trinajstić information content (AvgIpc) is 2.68. The molecule has 1 aromatic carbocycles. The van der Waals surface area contributed by atoms with Crippen LogP contribution in [0.1, 0.15) is 18.5 Å². The molecule has 1 saturated heterocycles. The van der Waals surface area contributed by atoms with Crippen LogP contribution in [0.3, 0.4) is 0 Å². The summed E-state index contributed by atoms with van der Waals surface area (Å²) in [5.74, 6) is 0.579. The van der Waals surface area contributed by atoms with Gasteiger partial charge in [0.1, 0.15) is 5.82 Å². The van der Waals surface area contributed by atoms with Gasteiger partial charge in [0.05, 0.1) is 19.3 Å². The Morgan fingerprint density at radius 1 is 1.27 bits per heavy atom. The molecule has 1 fully saturated rings. The molecule has 0 bridgehead atoms. The molecule has 2 rings (SSSR count). The van der Waals surface area contributed by atoms with Crippen molar-refractivity contribution in [1.29, 1.82) is 0 Å². The van der Waals surface area contributed by atoms with Gasteiger partial charge >= 0.3 is 0 Å². The van der Waals surface area contributed by atoms with Gasteiger partial charge < -0.3 is 20.3 Å². The first-order valence-electron chi connectivity index (χ1n) is 9.34. The van der Waals surface area contributed by atoms with Gasteiger partial charge in [-0.1, -0.05) is 19.1 Å². The molecule has 2 N–H and O–H groups in total. The van der Waals surface area contributed by atoms with E-state index in [4.69, 9.17) is 4.74 Å². The van der Waals surface area contributed by atoms with Crippen LogP contribution in [0.25, 0.3) is 0 Å². The van der Waals surface area contributed by atoms with E-state index in [9.17, 15) is 4.39 Å². The number of aliphatic imine (C=N–C) groups is 1. The van der Waals surface area contributed by atoms with Crippen molar-refractivity contribution in [2.75, 3.05) is 66.6 Å². The van der Waals surface area contributed by atoms with Gasteiger partial charge in [0.2, 0.25) is 0 Å². The van der Waals surface area contributed by atoms with Crippen LogP contribution in [-0.4, -0.2) is 82.3 Å². The van der Waals surface area contributed by atoms with E-state index in [1.54, 1.807) is 7.05 Å². The largest absolute Gasteiger partial charge is 0.379 e. The van der Waals surface area contributed by atoms with Crippen molar-refractivity contribution in [2.45, 2.75) is 13.0 Å². The zero-order valence-corrected chi connectivity index (χ0v) is 16.2. The number of ether oxygens (including phenoxy) is 1. The maximum atomic E-state index is 13.3. The van der Waals surface area contributed by atoms with Crippen molar-refractivity contribution in [3.8, 4) is 0 Å². The van der Waals surface area contributed by atoms with E-state index in [0.717, 1.165) is 57.5 Å². The number of guanidine groups is 1. The second kappa shape index (κ2) is 11.1. The molecule has 1 aliphatic rings. The lowest BCUT2D eigenvalue weighted by Gasteiger charge is -2.35. The highest BCUT2D eigenvalue weighted by Gasteiger charge is 2.23. The summed E-state index contributed by atoms with van der Waals surface area (Å²) < 4.78 is 18.8. The van der Waals surface area contributed by atoms with Gasteiger partial charge in [0, 0.05) is 39.8 Å². The molecule has 26 heavy (non-hydrogen) atoms. The third-order valence-electron chi connectivity index (χ3n) is 4.75.